The van der Waals surface area contributed by atoms with Crippen molar-refractivity contribution in [3.8, 4) is 0 Å². The predicted octanol–water partition coefficient (Wildman–Crippen LogP) is 1.60. The van der Waals surface area contributed by atoms with Gasteiger partial charge in [0.2, 0.25) is 0 Å². The van der Waals surface area contributed by atoms with Gasteiger partial charge in [0.15, 0.2) is 0 Å². The number of carbonyl (C=O) groups excluding carboxylic acids is 2. The van der Waals surface area contributed by atoms with E-state index in [2.05, 4.69) is 23.7 Å². The Hall–Kier alpha value is -3.00. The Morgan fingerprint density at radius 3 is 2.30 bits per heavy atom. The van der Waals surface area contributed by atoms with Gasteiger partial charge in [-0.05, 0) is 38.8 Å². The Morgan fingerprint density at radius 1 is 0.909 bits per heavy atom. The van der Waals surface area contributed by atoms with Gasteiger partial charge in [-0.15, -0.1) is 0 Å². The lowest BCUT2D eigenvalue weighted by molar-refractivity contribution is 0.0592. The van der Waals surface area contributed by atoms with Crippen LogP contribution in [0.25, 0.3) is 0 Å². The number of rotatable bonds is 3. The first-order valence-electron chi connectivity index (χ1n) is 11.9. The molecular formula is C25H31N5O3. The summed E-state index contributed by atoms with van der Waals surface area (Å²) in [5.74, 6) is 0.511. The highest BCUT2D eigenvalue weighted by atomic mass is 16.2. The van der Waals surface area contributed by atoms with Gasteiger partial charge in [0, 0.05) is 69.0 Å². The van der Waals surface area contributed by atoms with Crippen molar-refractivity contribution in [3.63, 3.8) is 0 Å². The van der Waals surface area contributed by atoms with Crippen molar-refractivity contribution in [1.82, 2.24) is 24.3 Å². The molecule has 0 N–H and O–H groups in total. The molecule has 33 heavy (non-hydrogen) atoms. The van der Waals surface area contributed by atoms with Crippen LogP contribution >= 0.6 is 0 Å². The normalized spacial score (nSPS) is 22.9. The zero-order valence-electron chi connectivity index (χ0n) is 19.4. The summed E-state index contributed by atoms with van der Waals surface area (Å²) in [5, 5.41) is 0. The number of benzene rings is 1. The molecule has 1 aromatic carbocycles. The van der Waals surface area contributed by atoms with Crippen LogP contribution in [-0.2, 0) is 12.0 Å². The summed E-state index contributed by atoms with van der Waals surface area (Å²) in [5.41, 5.74) is 0.0701. The van der Waals surface area contributed by atoms with E-state index in [1.807, 2.05) is 39.8 Å². The van der Waals surface area contributed by atoms with E-state index in [1.54, 1.807) is 11.1 Å². The van der Waals surface area contributed by atoms with E-state index in [0.29, 0.717) is 44.3 Å². The Bertz CT molecular complexity index is 1120. The number of hydrogen-bond acceptors (Lipinski definition) is 5. The first-order chi connectivity index (χ1) is 15.9. The van der Waals surface area contributed by atoms with Crippen molar-refractivity contribution >= 4 is 11.8 Å². The third kappa shape index (κ3) is 3.86. The Labute approximate surface area is 193 Å². The fourth-order valence-electron chi connectivity index (χ4n) is 5.49. The summed E-state index contributed by atoms with van der Waals surface area (Å²) in [7, 11) is 0. The van der Waals surface area contributed by atoms with Crippen LogP contribution in [0.5, 0.6) is 0 Å². The summed E-state index contributed by atoms with van der Waals surface area (Å²) in [6, 6.07) is 9.74. The minimum Gasteiger partial charge on any atom is -0.338 e. The van der Waals surface area contributed by atoms with Crippen LogP contribution in [-0.4, -0.2) is 81.4 Å². The minimum absolute atomic E-state index is 0.0145. The molecule has 8 nitrogen and oxygen atoms in total. The van der Waals surface area contributed by atoms with Gasteiger partial charge in [-0.3, -0.25) is 19.3 Å². The quantitative estimate of drug-likeness (QED) is 0.711. The summed E-state index contributed by atoms with van der Waals surface area (Å²) < 4.78 is 1.97. The molecule has 0 saturated carbocycles. The summed E-state index contributed by atoms with van der Waals surface area (Å²) in [4.78, 5) is 49.4. The molecule has 5 rings (SSSR count). The molecule has 8 heteroatoms. The van der Waals surface area contributed by atoms with Crippen molar-refractivity contribution in [2.45, 2.75) is 44.7 Å². The van der Waals surface area contributed by atoms with Crippen molar-refractivity contribution < 1.29 is 9.59 Å². The lowest BCUT2D eigenvalue weighted by atomic mass is 9.85. The average Bonchev–Trinajstić information content (AvgIpc) is 3.42. The standard InChI is InChI=1S/C25H31N5O3/c1-18(2)27-12-14-28(15-13-27)23(33)20-16-29-10-8-25(24(29)26-21(20)31)9-11-30(17-25)22(32)19-6-4-3-5-7-19/h3-7,16,18H,8-15,17H2,1-2H3/t25-/m0/s1. The Morgan fingerprint density at radius 2 is 1.61 bits per heavy atom. The number of amides is 2. The van der Waals surface area contributed by atoms with Crippen molar-refractivity contribution in [3.05, 3.63) is 63.8 Å². The van der Waals surface area contributed by atoms with Crippen molar-refractivity contribution in [2.24, 2.45) is 0 Å². The SMILES string of the molecule is CC(C)N1CCN(C(=O)c2cn3c(nc2=O)[C@]2(CCN(C(=O)c4ccccc4)C2)CC3)CC1. The van der Waals surface area contributed by atoms with Gasteiger partial charge in [-0.25, -0.2) is 0 Å². The third-order valence-electron chi connectivity index (χ3n) is 7.52. The third-order valence-corrected chi connectivity index (χ3v) is 7.52. The number of carbonyl (C=O) groups is 2. The smallest absolute Gasteiger partial charge is 0.285 e. The van der Waals surface area contributed by atoms with E-state index in [9.17, 15) is 14.4 Å². The van der Waals surface area contributed by atoms with Crippen LogP contribution in [0.4, 0.5) is 0 Å². The molecule has 2 saturated heterocycles. The Balaban J connectivity index is 1.34. The van der Waals surface area contributed by atoms with Gasteiger partial charge in [-0.2, -0.15) is 4.98 Å². The molecule has 174 valence electrons. The topological polar surface area (TPSA) is 78.8 Å². The largest absolute Gasteiger partial charge is 0.338 e. The molecule has 4 heterocycles. The summed E-state index contributed by atoms with van der Waals surface area (Å²) >= 11 is 0. The zero-order valence-corrected chi connectivity index (χ0v) is 19.4. The van der Waals surface area contributed by atoms with Gasteiger partial charge >= 0.3 is 0 Å². The molecule has 0 bridgehead atoms. The number of aromatic nitrogens is 2. The maximum atomic E-state index is 13.1. The van der Waals surface area contributed by atoms with Gasteiger partial charge in [0.1, 0.15) is 11.4 Å². The molecule has 3 aliphatic rings. The predicted molar refractivity (Wildman–Crippen MR) is 124 cm³/mol. The maximum Gasteiger partial charge on any atom is 0.285 e. The van der Waals surface area contributed by atoms with E-state index in [0.717, 1.165) is 31.8 Å². The molecular weight excluding hydrogens is 418 g/mol. The van der Waals surface area contributed by atoms with Crippen LogP contribution in [0.15, 0.2) is 41.3 Å². The van der Waals surface area contributed by atoms with Gasteiger partial charge in [0.05, 0.1) is 0 Å². The molecule has 1 aromatic heterocycles. The van der Waals surface area contributed by atoms with E-state index >= 15 is 0 Å². The molecule has 2 aromatic rings. The summed E-state index contributed by atoms with van der Waals surface area (Å²) in [6.07, 6.45) is 3.31. The van der Waals surface area contributed by atoms with Crippen LogP contribution in [0.1, 0.15) is 53.2 Å². The van der Waals surface area contributed by atoms with E-state index < -0.39 is 5.56 Å². The second kappa shape index (κ2) is 8.41. The number of piperazine rings is 1. The first kappa shape index (κ1) is 21.8. The summed E-state index contributed by atoms with van der Waals surface area (Å²) in [6.45, 7) is 9.09. The Kier molecular flexibility index (Phi) is 5.56. The van der Waals surface area contributed by atoms with E-state index in [1.165, 1.54) is 0 Å². The van der Waals surface area contributed by atoms with E-state index in [4.69, 9.17) is 0 Å². The fourth-order valence-corrected chi connectivity index (χ4v) is 5.49. The highest BCUT2D eigenvalue weighted by molar-refractivity contribution is 5.94. The van der Waals surface area contributed by atoms with Gasteiger partial charge < -0.3 is 14.4 Å². The molecule has 1 spiro atoms. The number of likely N-dealkylation sites (tertiary alicyclic amines) is 1. The fraction of sp³-hybridized carbons (Fsp3) is 0.520. The number of aryl methyl sites for hydroxylation is 1. The van der Waals surface area contributed by atoms with Crippen molar-refractivity contribution in [2.75, 3.05) is 39.3 Å². The first-order valence-corrected chi connectivity index (χ1v) is 11.9. The van der Waals surface area contributed by atoms with Crippen LogP contribution in [0.3, 0.4) is 0 Å². The highest BCUT2D eigenvalue weighted by Gasteiger charge is 2.47. The number of fused-ring (bicyclic) bond motifs is 2. The minimum atomic E-state index is -0.452. The number of nitrogens with zero attached hydrogens (tertiary/aromatic N) is 5. The highest BCUT2D eigenvalue weighted by Crippen LogP contribution is 2.41. The molecule has 0 unspecified atom stereocenters. The van der Waals surface area contributed by atoms with Crippen LogP contribution in [0, 0.1) is 0 Å². The molecule has 3 aliphatic heterocycles. The molecule has 2 amide bonds. The second-order valence-corrected chi connectivity index (χ2v) is 9.77. The molecule has 0 aliphatic carbocycles. The second-order valence-electron chi connectivity index (χ2n) is 9.77. The van der Waals surface area contributed by atoms with E-state index in [-0.39, 0.29) is 22.8 Å². The van der Waals surface area contributed by atoms with Gasteiger partial charge in [-0.1, -0.05) is 18.2 Å². The lowest BCUT2D eigenvalue weighted by Gasteiger charge is -2.36. The lowest BCUT2D eigenvalue weighted by Crippen LogP contribution is -2.51. The number of hydrogen-bond donors (Lipinski definition) is 0. The van der Waals surface area contributed by atoms with Gasteiger partial charge in [0.25, 0.3) is 17.4 Å². The average molecular weight is 450 g/mol. The molecule has 0 radical (unpaired) electrons. The molecule has 1 atom stereocenters. The zero-order chi connectivity index (χ0) is 23.2. The monoisotopic (exact) mass is 449 g/mol. The van der Waals surface area contributed by atoms with Crippen LogP contribution < -0.4 is 5.56 Å². The van der Waals surface area contributed by atoms with Crippen LogP contribution in [0.2, 0.25) is 0 Å². The maximum absolute atomic E-state index is 13.1. The molecule has 2 fully saturated rings. The van der Waals surface area contributed by atoms with Crippen molar-refractivity contribution in [1.29, 1.82) is 0 Å².